The third-order valence-electron chi connectivity index (χ3n) is 2.92. The summed E-state index contributed by atoms with van der Waals surface area (Å²) in [7, 11) is 1.30. The molecular weight excluding hydrogens is 327 g/mol. The number of benzene rings is 1. The van der Waals surface area contributed by atoms with Crippen LogP contribution in [-0.4, -0.2) is 29.2 Å². The molecule has 0 spiro atoms. The van der Waals surface area contributed by atoms with E-state index >= 15 is 0 Å². The minimum Gasteiger partial charge on any atom is -0.504 e. The number of halogens is 2. The molecule has 0 saturated carbocycles. The van der Waals surface area contributed by atoms with E-state index in [0.29, 0.717) is 5.56 Å². The van der Waals surface area contributed by atoms with Gasteiger partial charge in [0, 0.05) is 11.8 Å². The SMILES string of the molecule is CONC(=O)C(C)Oc1ccc(-c2ncc(Cl)cc2F)cc1O. The van der Waals surface area contributed by atoms with Gasteiger partial charge in [0.25, 0.3) is 5.91 Å². The second kappa shape index (κ2) is 7.26. The van der Waals surface area contributed by atoms with E-state index in [1.807, 2.05) is 0 Å². The van der Waals surface area contributed by atoms with Gasteiger partial charge in [-0.15, -0.1) is 0 Å². The fourth-order valence-corrected chi connectivity index (χ4v) is 1.96. The number of hydrogen-bond acceptors (Lipinski definition) is 5. The van der Waals surface area contributed by atoms with Gasteiger partial charge in [0.15, 0.2) is 23.4 Å². The summed E-state index contributed by atoms with van der Waals surface area (Å²) in [5.74, 6) is -1.31. The number of aromatic hydroxyl groups is 1. The Morgan fingerprint density at radius 3 is 2.78 bits per heavy atom. The van der Waals surface area contributed by atoms with Crippen molar-refractivity contribution in [1.29, 1.82) is 0 Å². The zero-order valence-electron chi connectivity index (χ0n) is 12.3. The highest BCUT2D eigenvalue weighted by atomic mass is 35.5. The van der Waals surface area contributed by atoms with Crippen molar-refractivity contribution in [2.45, 2.75) is 13.0 Å². The Balaban J connectivity index is 2.22. The fourth-order valence-electron chi connectivity index (χ4n) is 1.82. The maximum atomic E-state index is 13.8. The lowest BCUT2D eigenvalue weighted by molar-refractivity contribution is -0.137. The molecule has 1 aromatic carbocycles. The second-order valence-corrected chi connectivity index (χ2v) is 5.03. The zero-order valence-corrected chi connectivity index (χ0v) is 13.1. The Kier molecular flexibility index (Phi) is 5.36. The van der Waals surface area contributed by atoms with E-state index in [1.54, 1.807) is 0 Å². The summed E-state index contributed by atoms with van der Waals surface area (Å²) >= 11 is 5.65. The van der Waals surface area contributed by atoms with Crippen molar-refractivity contribution in [2.75, 3.05) is 7.11 Å². The molecule has 6 nitrogen and oxygen atoms in total. The number of rotatable bonds is 5. The van der Waals surface area contributed by atoms with Crippen molar-refractivity contribution in [1.82, 2.24) is 10.5 Å². The van der Waals surface area contributed by atoms with E-state index in [9.17, 15) is 14.3 Å². The number of aromatic nitrogens is 1. The molecule has 1 unspecified atom stereocenters. The van der Waals surface area contributed by atoms with E-state index in [-0.39, 0.29) is 22.2 Å². The Morgan fingerprint density at radius 1 is 1.43 bits per heavy atom. The molecule has 122 valence electrons. The molecule has 2 rings (SSSR count). The van der Waals surface area contributed by atoms with Gasteiger partial charge in [-0.05, 0) is 31.2 Å². The molecular formula is C15H14ClFN2O4. The van der Waals surface area contributed by atoms with Crippen LogP contribution in [0.4, 0.5) is 4.39 Å². The van der Waals surface area contributed by atoms with Crippen molar-refractivity contribution < 1.29 is 23.9 Å². The summed E-state index contributed by atoms with van der Waals surface area (Å²) in [6.07, 6.45) is 0.413. The van der Waals surface area contributed by atoms with E-state index in [0.717, 1.165) is 6.07 Å². The number of hydrogen-bond donors (Lipinski definition) is 2. The molecule has 2 N–H and O–H groups in total. The van der Waals surface area contributed by atoms with Crippen LogP contribution in [0.3, 0.4) is 0 Å². The number of nitrogens with one attached hydrogen (secondary N) is 1. The Labute approximate surface area is 136 Å². The molecule has 1 atom stereocenters. The number of amides is 1. The quantitative estimate of drug-likeness (QED) is 0.818. The van der Waals surface area contributed by atoms with E-state index < -0.39 is 17.8 Å². The third kappa shape index (κ3) is 4.08. The highest BCUT2D eigenvalue weighted by Crippen LogP contribution is 2.32. The molecule has 0 aliphatic carbocycles. The summed E-state index contributed by atoms with van der Waals surface area (Å²) in [6.45, 7) is 1.49. The first-order chi connectivity index (χ1) is 10.9. The van der Waals surface area contributed by atoms with Crippen LogP contribution in [-0.2, 0) is 9.63 Å². The molecule has 23 heavy (non-hydrogen) atoms. The standard InChI is InChI=1S/C15H14ClFN2O4/c1-8(15(21)19-22-2)23-13-4-3-9(5-12(13)20)14-11(17)6-10(16)7-18-14/h3-8,20H,1-2H3,(H,19,21). The molecule has 0 aliphatic rings. The lowest BCUT2D eigenvalue weighted by atomic mass is 10.1. The molecule has 0 saturated heterocycles. The van der Waals surface area contributed by atoms with Crippen LogP contribution in [0, 0.1) is 5.82 Å². The number of carbonyl (C=O) groups is 1. The maximum absolute atomic E-state index is 13.8. The van der Waals surface area contributed by atoms with Gasteiger partial charge in [0.1, 0.15) is 5.69 Å². The molecule has 1 amide bonds. The first-order valence-electron chi connectivity index (χ1n) is 6.56. The highest BCUT2D eigenvalue weighted by Gasteiger charge is 2.17. The molecule has 0 radical (unpaired) electrons. The fraction of sp³-hybridized carbons (Fsp3) is 0.200. The largest absolute Gasteiger partial charge is 0.504 e. The third-order valence-corrected chi connectivity index (χ3v) is 3.12. The summed E-state index contributed by atoms with van der Waals surface area (Å²) in [5, 5.41) is 10.2. The van der Waals surface area contributed by atoms with Crippen molar-refractivity contribution in [3.8, 4) is 22.8 Å². The van der Waals surface area contributed by atoms with Crippen molar-refractivity contribution in [3.05, 3.63) is 41.3 Å². The number of carbonyl (C=O) groups excluding carboxylic acids is 1. The first-order valence-corrected chi connectivity index (χ1v) is 6.94. The number of phenolic OH excluding ortho intramolecular Hbond substituents is 1. The van der Waals surface area contributed by atoms with Crippen LogP contribution in [0.1, 0.15) is 6.92 Å². The minimum absolute atomic E-state index is 0.0430. The van der Waals surface area contributed by atoms with Gasteiger partial charge < -0.3 is 9.84 Å². The summed E-state index contributed by atoms with van der Waals surface area (Å²) in [6, 6.07) is 5.34. The van der Waals surface area contributed by atoms with E-state index in [4.69, 9.17) is 16.3 Å². The smallest absolute Gasteiger partial charge is 0.284 e. The van der Waals surface area contributed by atoms with Gasteiger partial charge >= 0.3 is 0 Å². The number of nitrogens with zero attached hydrogens (tertiary/aromatic N) is 1. The van der Waals surface area contributed by atoms with Gasteiger partial charge in [-0.2, -0.15) is 0 Å². The number of pyridine rings is 1. The Hall–Kier alpha value is -2.38. The normalized spacial score (nSPS) is 11.8. The van der Waals surface area contributed by atoms with Crippen LogP contribution in [0.2, 0.25) is 5.02 Å². The molecule has 0 aliphatic heterocycles. The van der Waals surface area contributed by atoms with Crippen LogP contribution in [0.25, 0.3) is 11.3 Å². The average Bonchev–Trinajstić information content (AvgIpc) is 2.49. The van der Waals surface area contributed by atoms with Crippen LogP contribution in [0.5, 0.6) is 11.5 Å². The molecule has 8 heteroatoms. The van der Waals surface area contributed by atoms with Gasteiger partial charge in [-0.25, -0.2) is 9.87 Å². The zero-order chi connectivity index (χ0) is 17.0. The summed E-state index contributed by atoms with van der Waals surface area (Å²) in [5.41, 5.74) is 2.51. The molecule has 0 fully saturated rings. The highest BCUT2D eigenvalue weighted by molar-refractivity contribution is 6.30. The van der Waals surface area contributed by atoms with Crippen molar-refractivity contribution in [2.24, 2.45) is 0 Å². The average molecular weight is 341 g/mol. The molecule has 1 aromatic heterocycles. The lowest BCUT2D eigenvalue weighted by Gasteiger charge is -2.15. The number of ether oxygens (including phenoxy) is 1. The Morgan fingerprint density at radius 2 is 2.17 bits per heavy atom. The van der Waals surface area contributed by atoms with Crippen LogP contribution >= 0.6 is 11.6 Å². The second-order valence-electron chi connectivity index (χ2n) is 4.60. The predicted molar refractivity (Wildman–Crippen MR) is 81.5 cm³/mol. The predicted octanol–water partition coefficient (Wildman–Crippen LogP) is 2.69. The topological polar surface area (TPSA) is 80.7 Å². The van der Waals surface area contributed by atoms with E-state index in [1.165, 1.54) is 38.4 Å². The lowest BCUT2D eigenvalue weighted by Crippen LogP contribution is -2.35. The summed E-state index contributed by atoms with van der Waals surface area (Å²) in [4.78, 5) is 19.9. The molecule has 0 bridgehead atoms. The van der Waals surface area contributed by atoms with Gasteiger partial charge in [0.05, 0.1) is 12.1 Å². The van der Waals surface area contributed by atoms with Crippen LogP contribution < -0.4 is 10.2 Å². The Bertz CT molecular complexity index is 727. The monoisotopic (exact) mass is 340 g/mol. The van der Waals surface area contributed by atoms with Gasteiger partial charge in [-0.1, -0.05) is 11.6 Å². The van der Waals surface area contributed by atoms with Crippen molar-refractivity contribution >= 4 is 17.5 Å². The van der Waals surface area contributed by atoms with Crippen molar-refractivity contribution in [3.63, 3.8) is 0 Å². The number of phenols is 1. The minimum atomic E-state index is -0.892. The van der Waals surface area contributed by atoms with Crippen LogP contribution in [0.15, 0.2) is 30.5 Å². The maximum Gasteiger partial charge on any atom is 0.284 e. The summed E-state index contributed by atoms with van der Waals surface area (Å²) < 4.78 is 19.2. The first kappa shape index (κ1) is 17.0. The molecule has 2 aromatic rings. The van der Waals surface area contributed by atoms with Gasteiger partial charge in [0.2, 0.25) is 0 Å². The van der Waals surface area contributed by atoms with Gasteiger partial charge in [-0.3, -0.25) is 14.6 Å². The molecule has 1 heterocycles. The van der Waals surface area contributed by atoms with E-state index in [2.05, 4.69) is 15.3 Å². The number of hydroxylamine groups is 1.